The second-order valence-electron chi connectivity index (χ2n) is 5.70. The van der Waals surface area contributed by atoms with Crippen LogP contribution in [0.1, 0.15) is 22.3 Å². The van der Waals surface area contributed by atoms with Crippen molar-refractivity contribution in [3.63, 3.8) is 0 Å². The summed E-state index contributed by atoms with van der Waals surface area (Å²) in [6.45, 7) is 8.06. The van der Waals surface area contributed by atoms with Gasteiger partial charge in [-0.2, -0.15) is 0 Å². The van der Waals surface area contributed by atoms with E-state index < -0.39 is 0 Å². The summed E-state index contributed by atoms with van der Waals surface area (Å²) >= 11 is 0. The highest BCUT2D eigenvalue weighted by molar-refractivity contribution is 5.61. The van der Waals surface area contributed by atoms with Gasteiger partial charge in [-0.05, 0) is 68.7 Å². The first-order valence-electron chi connectivity index (χ1n) is 7.29. The summed E-state index contributed by atoms with van der Waals surface area (Å²) in [4.78, 5) is 16.7. The molecule has 0 aliphatic rings. The van der Waals surface area contributed by atoms with Crippen molar-refractivity contribution < 1.29 is 0 Å². The fraction of sp³-hybridized carbons (Fsp3) is 0.222. The summed E-state index contributed by atoms with van der Waals surface area (Å²) in [6.07, 6.45) is 3.48. The molecule has 1 N–H and O–H groups in total. The van der Waals surface area contributed by atoms with Crippen LogP contribution in [0.15, 0.2) is 41.5 Å². The van der Waals surface area contributed by atoms with Crippen LogP contribution in [0.4, 0.5) is 0 Å². The van der Waals surface area contributed by atoms with Gasteiger partial charge < -0.3 is 0 Å². The largest absolute Gasteiger partial charge is 0.290 e. The molecule has 4 heteroatoms. The van der Waals surface area contributed by atoms with Gasteiger partial charge in [-0.1, -0.05) is 0 Å². The van der Waals surface area contributed by atoms with Crippen molar-refractivity contribution in [3.8, 4) is 16.9 Å². The normalized spacial score (nSPS) is 10.9. The molecule has 4 nitrogen and oxygen atoms in total. The minimum Gasteiger partial charge on any atom is -0.290 e. The van der Waals surface area contributed by atoms with Crippen molar-refractivity contribution in [1.29, 1.82) is 0 Å². The average molecular weight is 293 g/mol. The Morgan fingerprint density at radius 2 is 1.73 bits per heavy atom. The molecule has 1 aromatic carbocycles. The van der Waals surface area contributed by atoms with Gasteiger partial charge in [-0.25, -0.2) is 4.68 Å². The van der Waals surface area contributed by atoms with Gasteiger partial charge >= 0.3 is 0 Å². The molecule has 0 aliphatic carbocycles. The van der Waals surface area contributed by atoms with Crippen molar-refractivity contribution >= 4 is 0 Å². The zero-order chi connectivity index (χ0) is 15.9. The molecule has 0 saturated heterocycles. The number of pyridine rings is 1. The van der Waals surface area contributed by atoms with Crippen molar-refractivity contribution in [2.45, 2.75) is 27.7 Å². The molecule has 0 unspecified atom stereocenters. The molecule has 3 aromatic rings. The van der Waals surface area contributed by atoms with E-state index in [0.717, 1.165) is 16.9 Å². The highest BCUT2D eigenvalue weighted by atomic mass is 16.1. The highest BCUT2D eigenvalue weighted by Crippen LogP contribution is 2.21. The van der Waals surface area contributed by atoms with Crippen LogP contribution < -0.4 is 5.56 Å². The van der Waals surface area contributed by atoms with Crippen LogP contribution in [0.3, 0.4) is 0 Å². The third kappa shape index (κ3) is 2.26. The summed E-state index contributed by atoms with van der Waals surface area (Å²) in [5.74, 6) is 0. The molecule has 22 heavy (non-hydrogen) atoms. The van der Waals surface area contributed by atoms with E-state index in [4.69, 9.17) is 0 Å². The van der Waals surface area contributed by atoms with E-state index in [1.807, 2.05) is 31.2 Å². The van der Waals surface area contributed by atoms with Gasteiger partial charge in [0.2, 0.25) is 0 Å². The molecule has 0 atom stereocenters. The van der Waals surface area contributed by atoms with Crippen LogP contribution in [-0.2, 0) is 0 Å². The predicted molar refractivity (Wildman–Crippen MR) is 88.6 cm³/mol. The van der Waals surface area contributed by atoms with E-state index in [-0.39, 0.29) is 5.56 Å². The van der Waals surface area contributed by atoms with Crippen LogP contribution in [-0.4, -0.2) is 14.8 Å². The lowest BCUT2D eigenvalue weighted by atomic mass is 10.0. The molecule has 0 amide bonds. The van der Waals surface area contributed by atoms with Crippen LogP contribution in [0.25, 0.3) is 16.9 Å². The third-order valence-corrected chi connectivity index (χ3v) is 4.24. The Kier molecular flexibility index (Phi) is 3.45. The van der Waals surface area contributed by atoms with E-state index in [9.17, 15) is 4.79 Å². The minimum absolute atomic E-state index is 0.0264. The molecule has 0 radical (unpaired) electrons. The number of hydrogen-bond acceptors (Lipinski definition) is 2. The summed E-state index contributed by atoms with van der Waals surface area (Å²) < 4.78 is 1.61. The second-order valence-corrected chi connectivity index (χ2v) is 5.70. The fourth-order valence-electron chi connectivity index (χ4n) is 2.64. The number of aromatic amines is 1. The van der Waals surface area contributed by atoms with Crippen LogP contribution in [0, 0.1) is 27.7 Å². The Morgan fingerprint density at radius 1 is 1.05 bits per heavy atom. The average Bonchev–Trinajstić information content (AvgIpc) is 2.81. The molecule has 0 spiro atoms. The Balaban J connectivity index is 2.20. The van der Waals surface area contributed by atoms with E-state index in [1.54, 1.807) is 17.1 Å². The Bertz CT molecular complexity index is 865. The first-order valence-corrected chi connectivity index (χ1v) is 7.29. The summed E-state index contributed by atoms with van der Waals surface area (Å²) in [6, 6.07) is 7.88. The van der Waals surface area contributed by atoms with Gasteiger partial charge in [0.15, 0.2) is 0 Å². The number of aryl methyl sites for hydroxylation is 2. The molecular formula is C18H19N3O. The number of benzene rings is 1. The summed E-state index contributed by atoms with van der Waals surface area (Å²) in [7, 11) is 0. The van der Waals surface area contributed by atoms with Gasteiger partial charge in [-0.3, -0.25) is 14.9 Å². The number of H-pyrrole nitrogens is 1. The first kappa shape index (κ1) is 14.3. The molecule has 0 aliphatic heterocycles. The van der Waals surface area contributed by atoms with E-state index in [2.05, 4.69) is 30.9 Å². The Morgan fingerprint density at radius 3 is 2.32 bits per heavy atom. The molecule has 0 saturated carbocycles. The van der Waals surface area contributed by atoms with Crippen molar-refractivity contribution in [1.82, 2.24) is 14.8 Å². The van der Waals surface area contributed by atoms with Crippen LogP contribution >= 0.6 is 0 Å². The van der Waals surface area contributed by atoms with Crippen molar-refractivity contribution in [2.75, 3.05) is 0 Å². The molecular weight excluding hydrogens is 274 g/mol. The molecule has 2 aromatic heterocycles. The number of nitrogens with zero attached hydrogens (tertiary/aromatic N) is 2. The maximum Gasteiger partial charge on any atom is 0.274 e. The number of nitrogens with one attached hydrogen (secondary N) is 1. The van der Waals surface area contributed by atoms with Crippen LogP contribution in [0.5, 0.6) is 0 Å². The Hall–Kier alpha value is -2.62. The van der Waals surface area contributed by atoms with Crippen molar-refractivity contribution in [2.24, 2.45) is 0 Å². The molecule has 3 rings (SSSR count). The second kappa shape index (κ2) is 5.30. The van der Waals surface area contributed by atoms with Crippen molar-refractivity contribution in [3.05, 3.63) is 69.3 Å². The smallest absolute Gasteiger partial charge is 0.274 e. The van der Waals surface area contributed by atoms with E-state index in [1.165, 1.54) is 16.7 Å². The van der Waals surface area contributed by atoms with E-state index >= 15 is 0 Å². The lowest BCUT2D eigenvalue weighted by Crippen LogP contribution is -2.16. The third-order valence-electron chi connectivity index (χ3n) is 4.24. The van der Waals surface area contributed by atoms with Gasteiger partial charge in [0.1, 0.15) is 0 Å². The SMILES string of the molecule is Cc1cc(-n2[nH]c(-c3cccnc3)c(C)c2=O)cc(C)c1C. The van der Waals surface area contributed by atoms with E-state index in [0.29, 0.717) is 5.56 Å². The monoisotopic (exact) mass is 293 g/mol. The lowest BCUT2D eigenvalue weighted by molar-refractivity contribution is 0.847. The number of hydrogen-bond donors (Lipinski definition) is 1. The fourth-order valence-corrected chi connectivity index (χ4v) is 2.64. The minimum atomic E-state index is -0.0264. The lowest BCUT2D eigenvalue weighted by Gasteiger charge is -2.09. The standard InChI is InChI=1S/C18H19N3O/c1-11-8-16(9-12(2)13(11)3)21-18(22)14(4)17(20-21)15-6-5-7-19-10-15/h5-10,20H,1-4H3. The van der Waals surface area contributed by atoms with Crippen LogP contribution in [0.2, 0.25) is 0 Å². The zero-order valence-electron chi connectivity index (χ0n) is 13.3. The molecule has 0 bridgehead atoms. The zero-order valence-corrected chi connectivity index (χ0v) is 13.3. The molecule has 2 heterocycles. The Labute approximate surface area is 129 Å². The quantitative estimate of drug-likeness (QED) is 0.786. The highest BCUT2D eigenvalue weighted by Gasteiger charge is 2.14. The molecule has 0 fully saturated rings. The van der Waals surface area contributed by atoms with Gasteiger partial charge in [0, 0.05) is 23.5 Å². The topological polar surface area (TPSA) is 50.7 Å². The predicted octanol–water partition coefficient (Wildman–Crippen LogP) is 3.46. The first-order chi connectivity index (χ1) is 10.5. The van der Waals surface area contributed by atoms with Gasteiger partial charge in [0.05, 0.1) is 11.4 Å². The number of rotatable bonds is 2. The maximum atomic E-state index is 12.6. The number of aromatic nitrogens is 3. The van der Waals surface area contributed by atoms with Gasteiger partial charge in [-0.15, -0.1) is 0 Å². The molecule has 112 valence electrons. The summed E-state index contributed by atoms with van der Waals surface area (Å²) in [5.41, 5.74) is 6.88. The van der Waals surface area contributed by atoms with Gasteiger partial charge in [0.25, 0.3) is 5.56 Å². The summed E-state index contributed by atoms with van der Waals surface area (Å²) in [5, 5.41) is 3.22. The maximum absolute atomic E-state index is 12.6.